The maximum absolute atomic E-state index is 7.32. The molecule has 1 aromatic carbocycles. The lowest BCUT2D eigenvalue weighted by Gasteiger charge is -2.02. The SMILES string of the molecule is N=C(N)c1ccnc(SCc2ccc(Cl)cc2)n1. The Hall–Kier alpha value is -1.59. The van der Waals surface area contributed by atoms with Crippen molar-refractivity contribution in [2.75, 3.05) is 0 Å². The van der Waals surface area contributed by atoms with Crippen LogP contribution in [0.25, 0.3) is 0 Å². The quantitative estimate of drug-likeness (QED) is 0.390. The van der Waals surface area contributed by atoms with E-state index in [1.165, 1.54) is 11.8 Å². The molecule has 0 atom stereocenters. The zero-order valence-corrected chi connectivity index (χ0v) is 11.0. The second-order valence-corrected chi connectivity index (χ2v) is 4.93. The molecule has 0 radical (unpaired) electrons. The number of aromatic nitrogens is 2. The fourth-order valence-corrected chi connectivity index (χ4v) is 2.20. The van der Waals surface area contributed by atoms with Gasteiger partial charge < -0.3 is 5.73 Å². The van der Waals surface area contributed by atoms with Crippen molar-refractivity contribution in [2.45, 2.75) is 10.9 Å². The van der Waals surface area contributed by atoms with Gasteiger partial charge in [-0.3, -0.25) is 5.41 Å². The monoisotopic (exact) mass is 278 g/mol. The van der Waals surface area contributed by atoms with Gasteiger partial charge in [-0.1, -0.05) is 35.5 Å². The number of nitrogens with zero attached hydrogens (tertiary/aromatic N) is 2. The highest BCUT2D eigenvalue weighted by Gasteiger charge is 2.03. The van der Waals surface area contributed by atoms with Crippen molar-refractivity contribution in [3.05, 3.63) is 52.8 Å². The fraction of sp³-hybridized carbons (Fsp3) is 0.0833. The van der Waals surface area contributed by atoms with Gasteiger partial charge in [0, 0.05) is 17.0 Å². The molecule has 0 spiro atoms. The Morgan fingerprint density at radius 3 is 2.67 bits per heavy atom. The van der Waals surface area contributed by atoms with Crippen molar-refractivity contribution in [1.29, 1.82) is 5.41 Å². The molecule has 1 heterocycles. The molecule has 2 aromatic rings. The minimum absolute atomic E-state index is 0.0502. The number of rotatable bonds is 4. The van der Waals surface area contributed by atoms with E-state index in [0.717, 1.165) is 16.3 Å². The number of halogens is 1. The molecule has 2 rings (SSSR count). The number of thioether (sulfide) groups is 1. The van der Waals surface area contributed by atoms with Gasteiger partial charge in [-0.25, -0.2) is 9.97 Å². The van der Waals surface area contributed by atoms with Gasteiger partial charge in [-0.2, -0.15) is 0 Å². The summed E-state index contributed by atoms with van der Waals surface area (Å²) in [6, 6.07) is 9.25. The van der Waals surface area contributed by atoms with E-state index in [1.54, 1.807) is 12.3 Å². The first-order valence-electron chi connectivity index (χ1n) is 5.20. The summed E-state index contributed by atoms with van der Waals surface area (Å²) in [5.41, 5.74) is 6.96. The summed E-state index contributed by atoms with van der Waals surface area (Å²) < 4.78 is 0. The summed E-state index contributed by atoms with van der Waals surface area (Å²) in [4.78, 5) is 8.31. The first kappa shape index (κ1) is 12.9. The number of hydrogen-bond donors (Lipinski definition) is 2. The molecule has 0 aliphatic carbocycles. The summed E-state index contributed by atoms with van der Waals surface area (Å²) in [5, 5.41) is 8.65. The average Bonchev–Trinajstić information content (AvgIpc) is 2.38. The zero-order valence-electron chi connectivity index (χ0n) is 9.43. The Bertz CT molecular complexity index is 556. The van der Waals surface area contributed by atoms with Crippen molar-refractivity contribution in [1.82, 2.24) is 9.97 Å². The molecule has 0 aliphatic heterocycles. The lowest BCUT2D eigenvalue weighted by molar-refractivity contribution is 0.953. The van der Waals surface area contributed by atoms with Crippen LogP contribution in [0.15, 0.2) is 41.7 Å². The van der Waals surface area contributed by atoms with E-state index in [9.17, 15) is 0 Å². The summed E-state index contributed by atoms with van der Waals surface area (Å²) >= 11 is 7.31. The van der Waals surface area contributed by atoms with Crippen LogP contribution in [0, 0.1) is 5.41 Å². The molecule has 6 heteroatoms. The maximum Gasteiger partial charge on any atom is 0.188 e. The first-order chi connectivity index (χ1) is 8.65. The Balaban J connectivity index is 2.04. The van der Waals surface area contributed by atoms with Crippen LogP contribution in [0.5, 0.6) is 0 Å². The minimum atomic E-state index is -0.0502. The number of nitrogen functional groups attached to an aromatic ring is 1. The van der Waals surface area contributed by atoms with Crippen LogP contribution in [-0.4, -0.2) is 15.8 Å². The molecule has 1 aromatic heterocycles. The molecule has 0 fully saturated rings. The lowest BCUT2D eigenvalue weighted by Crippen LogP contribution is -2.13. The van der Waals surface area contributed by atoms with E-state index in [1.807, 2.05) is 24.3 Å². The smallest absolute Gasteiger partial charge is 0.188 e. The molecule has 92 valence electrons. The maximum atomic E-state index is 7.32. The largest absolute Gasteiger partial charge is 0.382 e. The molecule has 3 N–H and O–H groups in total. The molecule has 0 saturated carbocycles. The molecule has 0 bridgehead atoms. The molecule has 0 aliphatic rings. The van der Waals surface area contributed by atoms with Gasteiger partial charge in [0.1, 0.15) is 11.5 Å². The molecule has 0 amide bonds. The van der Waals surface area contributed by atoms with Crippen LogP contribution in [0.3, 0.4) is 0 Å². The van der Waals surface area contributed by atoms with Crippen molar-refractivity contribution < 1.29 is 0 Å². The van der Waals surface area contributed by atoms with Gasteiger partial charge in [0.25, 0.3) is 0 Å². The molecule has 18 heavy (non-hydrogen) atoms. The summed E-state index contributed by atoms with van der Waals surface area (Å²) in [6.45, 7) is 0. The predicted octanol–water partition coefficient (Wildman–Crippen LogP) is 2.71. The van der Waals surface area contributed by atoms with Crippen molar-refractivity contribution >= 4 is 29.2 Å². The lowest BCUT2D eigenvalue weighted by atomic mass is 10.2. The van der Waals surface area contributed by atoms with Crippen molar-refractivity contribution in [3.8, 4) is 0 Å². The molecule has 0 unspecified atom stereocenters. The van der Waals surface area contributed by atoms with Crippen LogP contribution < -0.4 is 5.73 Å². The number of benzene rings is 1. The van der Waals surface area contributed by atoms with Crippen molar-refractivity contribution in [2.24, 2.45) is 5.73 Å². The summed E-state index contributed by atoms with van der Waals surface area (Å²) in [7, 11) is 0. The number of nitrogens with one attached hydrogen (secondary N) is 1. The second kappa shape index (κ2) is 5.84. The van der Waals surface area contributed by atoms with E-state index >= 15 is 0 Å². The summed E-state index contributed by atoms with van der Waals surface area (Å²) in [6.07, 6.45) is 1.61. The Labute approximate surface area is 114 Å². The van der Waals surface area contributed by atoms with Crippen LogP contribution >= 0.6 is 23.4 Å². The zero-order chi connectivity index (χ0) is 13.0. The fourth-order valence-electron chi connectivity index (χ4n) is 1.29. The third-order valence-corrected chi connectivity index (χ3v) is 3.38. The molecular weight excluding hydrogens is 268 g/mol. The number of hydrogen-bond acceptors (Lipinski definition) is 4. The number of amidine groups is 1. The van der Waals surface area contributed by atoms with Gasteiger partial charge in [0.05, 0.1) is 0 Å². The van der Waals surface area contributed by atoms with Crippen molar-refractivity contribution in [3.63, 3.8) is 0 Å². The molecule has 4 nitrogen and oxygen atoms in total. The summed E-state index contributed by atoms with van der Waals surface area (Å²) in [5.74, 6) is 0.698. The molecular formula is C12H11ClN4S. The topological polar surface area (TPSA) is 75.7 Å². The highest BCUT2D eigenvalue weighted by Crippen LogP contribution is 2.20. The Morgan fingerprint density at radius 2 is 2.00 bits per heavy atom. The normalized spacial score (nSPS) is 10.3. The van der Waals surface area contributed by atoms with Gasteiger partial charge in [0.2, 0.25) is 0 Å². The average molecular weight is 279 g/mol. The minimum Gasteiger partial charge on any atom is -0.382 e. The van der Waals surface area contributed by atoms with Crippen LogP contribution in [-0.2, 0) is 5.75 Å². The molecule has 0 saturated heterocycles. The standard InChI is InChI=1S/C12H11ClN4S/c13-9-3-1-8(2-4-9)7-18-12-16-6-5-10(17-12)11(14)15/h1-6H,7H2,(H3,14,15). The first-order valence-corrected chi connectivity index (χ1v) is 6.56. The van der Waals surface area contributed by atoms with Crippen LogP contribution in [0.1, 0.15) is 11.3 Å². The van der Waals surface area contributed by atoms with Crippen LogP contribution in [0.2, 0.25) is 5.02 Å². The van der Waals surface area contributed by atoms with E-state index in [2.05, 4.69) is 9.97 Å². The van der Waals surface area contributed by atoms with Gasteiger partial charge >= 0.3 is 0 Å². The van der Waals surface area contributed by atoms with E-state index in [4.69, 9.17) is 22.7 Å². The van der Waals surface area contributed by atoms with E-state index in [0.29, 0.717) is 10.9 Å². The van der Waals surface area contributed by atoms with Gasteiger partial charge in [0.15, 0.2) is 5.16 Å². The predicted molar refractivity (Wildman–Crippen MR) is 74.1 cm³/mol. The van der Waals surface area contributed by atoms with Crippen LogP contribution in [0.4, 0.5) is 0 Å². The Kier molecular flexibility index (Phi) is 4.17. The van der Waals surface area contributed by atoms with Gasteiger partial charge in [-0.05, 0) is 23.8 Å². The highest BCUT2D eigenvalue weighted by molar-refractivity contribution is 7.98. The third kappa shape index (κ3) is 3.45. The number of nitrogens with two attached hydrogens (primary N) is 1. The van der Waals surface area contributed by atoms with E-state index < -0.39 is 0 Å². The third-order valence-electron chi connectivity index (χ3n) is 2.19. The highest BCUT2D eigenvalue weighted by atomic mass is 35.5. The Morgan fingerprint density at radius 1 is 1.28 bits per heavy atom. The van der Waals surface area contributed by atoms with Gasteiger partial charge in [-0.15, -0.1) is 0 Å². The second-order valence-electron chi connectivity index (χ2n) is 3.55. The van der Waals surface area contributed by atoms with E-state index in [-0.39, 0.29) is 5.84 Å².